The van der Waals surface area contributed by atoms with Crippen LogP contribution in [0.3, 0.4) is 0 Å². The van der Waals surface area contributed by atoms with Crippen LogP contribution in [-0.2, 0) is 0 Å². The van der Waals surface area contributed by atoms with Crippen molar-refractivity contribution in [2.75, 3.05) is 12.3 Å². The summed E-state index contributed by atoms with van der Waals surface area (Å²) in [7, 11) is 0. The summed E-state index contributed by atoms with van der Waals surface area (Å²) < 4.78 is 0. The Labute approximate surface area is 93.4 Å². The van der Waals surface area contributed by atoms with E-state index in [-0.39, 0.29) is 0 Å². The minimum absolute atomic E-state index is 0.812. The molecule has 0 bridgehead atoms. The van der Waals surface area contributed by atoms with Crippen molar-refractivity contribution in [2.24, 2.45) is 0 Å². The van der Waals surface area contributed by atoms with Crippen LogP contribution in [-0.4, -0.2) is 23.6 Å². The first-order chi connectivity index (χ1) is 6.88. The molecule has 0 heterocycles. The van der Waals surface area contributed by atoms with Gasteiger partial charge in [-0.25, -0.2) is 0 Å². The molecule has 2 heteroatoms. The maximum Gasteiger partial charge on any atom is 0.0201 e. The maximum atomic E-state index is 3.61. The second-order valence-electron chi connectivity index (χ2n) is 4.21. The highest BCUT2D eigenvalue weighted by Gasteiger charge is 2.26. The molecule has 0 amide bonds. The summed E-state index contributed by atoms with van der Waals surface area (Å²) in [6.45, 7) is 5.63. The van der Waals surface area contributed by atoms with Crippen LogP contribution in [0.5, 0.6) is 0 Å². The van der Waals surface area contributed by atoms with E-state index in [1.807, 2.05) is 0 Å². The first kappa shape index (κ1) is 12.4. The summed E-state index contributed by atoms with van der Waals surface area (Å²) in [4.78, 5) is 0. The van der Waals surface area contributed by atoms with E-state index in [1.54, 1.807) is 0 Å². The van der Waals surface area contributed by atoms with Crippen molar-refractivity contribution in [2.45, 2.75) is 63.7 Å². The van der Waals surface area contributed by atoms with Gasteiger partial charge in [-0.3, -0.25) is 0 Å². The van der Waals surface area contributed by atoms with Crippen LogP contribution in [0.15, 0.2) is 0 Å². The molecule has 14 heavy (non-hydrogen) atoms. The van der Waals surface area contributed by atoms with Gasteiger partial charge in [0.25, 0.3) is 0 Å². The maximum absolute atomic E-state index is 3.61. The van der Waals surface area contributed by atoms with Crippen molar-refractivity contribution in [3.63, 3.8) is 0 Å². The average molecular weight is 215 g/mol. The minimum Gasteiger partial charge on any atom is -0.313 e. The third-order valence-corrected chi connectivity index (χ3v) is 4.52. The predicted molar refractivity (Wildman–Crippen MR) is 67.1 cm³/mol. The fourth-order valence-electron chi connectivity index (χ4n) is 2.21. The second-order valence-corrected chi connectivity index (χ2v) is 5.56. The van der Waals surface area contributed by atoms with Crippen molar-refractivity contribution in [1.29, 1.82) is 0 Å². The molecule has 0 aromatic rings. The lowest BCUT2D eigenvalue weighted by atomic mass is 10.2. The third-order valence-electron chi connectivity index (χ3n) is 3.00. The van der Waals surface area contributed by atoms with Crippen molar-refractivity contribution in [3.8, 4) is 0 Å². The van der Waals surface area contributed by atoms with Crippen molar-refractivity contribution in [1.82, 2.24) is 5.32 Å². The molecule has 1 fully saturated rings. The SMILES string of the molecule is CCCCCSC1CCCC1NCC. The van der Waals surface area contributed by atoms with Gasteiger partial charge in [0.2, 0.25) is 0 Å². The average Bonchev–Trinajstić information content (AvgIpc) is 2.61. The molecule has 0 radical (unpaired) electrons. The molecule has 0 saturated heterocycles. The Morgan fingerprint density at radius 3 is 2.79 bits per heavy atom. The smallest absolute Gasteiger partial charge is 0.0201 e. The molecule has 84 valence electrons. The first-order valence-electron chi connectivity index (χ1n) is 6.23. The van der Waals surface area contributed by atoms with Gasteiger partial charge in [0.15, 0.2) is 0 Å². The minimum atomic E-state index is 0.812. The third kappa shape index (κ3) is 4.22. The van der Waals surface area contributed by atoms with E-state index >= 15 is 0 Å². The van der Waals surface area contributed by atoms with Crippen LogP contribution in [0.1, 0.15) is 52.4 Å². The van der Waals surface area contributed by atoms with Crippen LogP contribution in [0.4, 0.5) is 0 Å². The summed E-state index contributed by atoms with van der Waals surface area (Å²) in [5, 5.41) is 4.52. The summed E-state index contributed by atoms with van der Waals surface area (Å²) >= 11 is 2.21. The molecular formula is C12H25NS. The zero-order valence-electron chi connectivity index (χ0n) is 9.72. The largest absolute Gasteiger partial charge is 0.313 e. The monoisotopic (exact) mass is 215 g/mol. The Morgan fingerprint density at radius 1 is 1.21 bits per heavy atom. The lowest BCUT2D eigenvalue weighted by Gasteiger charge is -2.19. The molecule has 1 aliphatic rings. The van der Waals surface area contributed by atoms with Gasteiger partial charge in [0, 0.05) is 11.3 Å². The number of hydrogen-bond donors (Lipinski definition) is 1. The van der Waals surface area contributed by atoms with E-state index < -0.39 is 0 Å². The predicted octanol–water partition coefficient (Wildman–Crippen LogP) is 3.44. The fraction of sp³-hybridized carbons (Fsp3) is 1.00. The standard InChI is InChI=1S/C12H25NS/c1-3-5-6-10-14-12-9-7-8-11(12)13-4-2/h11-13H,3-10H2,1-2H3. The van der Waals surface area contributed by atoms with Gasteiger partial charge in [-0.05, 0) is 31.6 Å². The molecule has 0 aromatic heterocycles. The molecule has 1 nitrogen and oxygen atoms in total. The van der Waals surface area contributed by atoms with Crippen molar-refractivity contribution >= 4 is 11.8 Å². The van der Waals surface area contributed by atoms with Crippen LogP contribution < -0.4 is 5.32 Å². The van der Waals surface area contributed by atoms with E-state index in [2.05, 4.69) is 30.9 Å². The van der Waals surface area contributed by atoms with Gasteiger partial charge < -0.3 is 5.32 Å². The summed E-state index contributed by atoms with van der Waals surface area (Å²) in [5.74, 6) is 1.38. The highest BCUT2D eigenvalue weighted by Crippen LogP contribution is 2.30. The topological polar surface area (TPSA) is 12.0 Å². The molecule has 1 saturated carbocycles. The number of hydrogen-bond acceptors (Lipinski definition) is 2. The molecule has 2 atom stereocenters. The van der Waals surface area contributed by atoms with Crippen LogP contribution in [0.25, 0.3) is 0 Å². The van der Waals surface area contributed by atoms with Gasteiger partial charge in [-0.15, -0.1) is 0 Å². The van der Waals surface area contributed by atoms with Gasteiger partial charge in [-0.2, -0.15) is 11.8 Å². The van der Waals surface area contributed by atoms with E-state index in [0.717, 1.165) is 17.8 Å². The normalized spacial score (nSPS) is 27.0. The fourth-order valence-corrected chi connectivity index (χ4v) is 3.68. The van der Waals surface area contributed by atoms with Crippen LogP contribution in [0.2, 0.25) is 0 Å². The van der Waals surface area contributed by atoms with Gasteiger partial charge in [-0.1, -0.05) is 33.1 Å². The lowest BCUT2D eigenvalue weighted by molar-refractivity contribution is 0.550. The Hall–Kier alpha value is 0.310. The zero-order chi connectivity index (χ0) is 10.2. The molecule has 2 unspecified atom stereocenters. The quantitative estimate of drug-likeness (QED) is 0.653. The summed E-state index contributed by atoms with van der Waals surface area (Å²) in [6.07, 6.45) is 8.45. The molecule has 1 N–H and O–H groups in total. The lowest BCUT2D eigenvalue weighted by Crippen LogP contribution is -2.33. The van der Waals surface area contributed by atoms with E-state index in [1.165, 1.54) is 44.3 Å². The van der Waals surface area contributed by atoms with E-state index in [0.29, 0.717) is 0 Å². The van der Waals surface area contributed by atoms with Crippen molar-refractivity contribution in [3.05, 3.63) is 0 Å². The summed E-state index contributed by atoms with van der Waals surface area (Å²) in [6, 6.07) is 0.812. The summed E-state index contributed by atoms with van der Waals surface area (Å²) in [5.41, 5.74) is 0. The molecule has 0 aliphatic heterocycles. The van der Waals surface area contributed by atoms with Crippen LogP contribution >= 0.6 is 11.8 Å². The Bertz CT molecular complexity index is 138. The van der Waals surface area contributed by atoms with E-state index in [9.17, 15) is 0 Å². The van der Waals surface area contributed by atoms with Crippen LogP contribution in [0, 0.1) is 0 Å². The van der Waals surface area contributed by atoms with Gasteiger partial charge >= 0.3 is 0 Å². The highest BCUT2D eigenvalue weighted by atomic mass is 32.2. The number of unbranched alkanes of at least 4 members (excludes halogenated alkanes) is 2. The second kappa shape index (κ2) is 7.58. The molecule has 0 spiro atoms. The Balaban J connectivity index is 2.09. The van der Waals surface area contributed by atoms with Gasteiger partial charge in [0.1, 0.15) is 0 Å². The first-order valence-corrected chi connectivity index (χ1v) is 7.28. The molecule has 0 aromatic carbocycles. The molecule has 1 aliphatic carbocycles. The molecular weight excluding hydrogens is 190 g/mol. The zero-order valence-corrected chi connectivity index (χ0v) is 10.5. The van der Waals surface area contributed by atoms with Gasteiger partial charge in [0.05, 0.1) is 0 Å². The highest BCUT2D eigenvalue weighted by molar-refractivity contribution is 7.99. The Kier molecular flexibility index (Phi) is 6.70. The number of rotatable bonds is 7. The number of thioether (sulfide) groups is 1. The van der Waals surface area contributed by atoms with E-state index in [4.69, 9.17) is 0 Å². The van der Waals surface area contributed by atoms with Crippen molar-refractivity contribution < 1.29 is 0 Å². The molecule has 1 rings (SSSR count). The Morgan fingerprint density at radius 2 is 2.07 bits per heavy atom. The number of nitrogens with one attached hydrogen (secondary N) is 1.